The average molecular weight is 257 g/mol. The Hall–Kier alpha value is -2.36. The van der Waals surface area contributed by atoms with Gasteiger partial charge < -0.3 is 9.47 Å². The van der Waals surface area contributed by atoms with E-state index in [1.165, 1.54) is 7.11 Å². The van der Waals surface area contributed by atoms with Crippen molar-refractivity contribution in [2.45, 2.75) is 13.0 Å². The number of rotatable bonds is 4. The van der Waals surface area contributed by atoms with Gasteiger partial charge in [0.05, 0.1) is 12.8 Å². The van der Waals surface area contributed by atoms with Crippen LogP contribution in [0.5, 0.6) is 5.88 Å². The molecule has 0 saturated carbocycles. The van der Waals surface area contributed by atoms with Gasteiger partial charge in [-0.1, -0.05) is 36.4 Å². The third kappa shape index (κ3) is 3.31. The number of benzene rings is 1. The molecule has 0 spiro atoms. The van der Waals surface area contributed by atoms with E-state index in [1.807, 2.05) is 42.5 Å². The lowest BCUT2D eigenvalue weighted by Crippen LogP contribution is -2.25. The number of carbonyl (C=O) groups excluding carboxylic acids is 1. The van der Waals surface area contributed by atoms with Gasteiger partial charge >= 0.3 is 5.97 Å². The number of ether oxygens (including phenoxy) is 2. The zero-order valence-corrected chi connectivity index (χ0v) is 10.9. The van der Waals surface area contributed by atoms with Crippen LogP contribution in [0.1, 0.15) is 6.92 Å². The molecule has 4 heteroatoms. The van der Waals surface area contributed by atoms with Crippen LogP contribution < -0.4 is 4.74 Å². The summed E-state index contributed by atoms with van der Waals surface area (Å²) >= 11 is 0. The summed E-state index contributed by atoms with van der Waals surface area (Å²) in [6.07, 6.45) is -0.677. The molecular weight excluding hydrogens is 242 g/mol. The van der Waals surface area contributed by atoms with Crippen molar-refractivity contribution in [1.29, 1.82) is 0 Å². The average Bonchev–Trinajstić information content (AvgIpc) is 2.47. The largest absolute Gasteiger partial charge is 0.466 e. The van der Waals surface area contributed by atoms with Crippen molar-refractivity contribution in [2.24, 2.45) is 0 Å². The summed E-state index contributed by atoms with van der Waals surface area (Å²) < 4.78 is 10.1. The maximum absolute atomic E-state index is 11.3. The molecule has 2 rings (SSSR count). The summed E-state index contributed by atoms with van der Waals surface area (Å²) in [5, 5.41) is 0. The summed E-state index contributed by atoms with van der Waals surface area (Å²) in [7, 11) is 1.33. The van der Waals surface area contributed by atoms with E-state index in [0.717, 1.165) is 11.3 Å². The van der Waals surface area contributed by atoms with Gasteiger partial charge in [0.25, 0.3) is 0 Å². The minimum absolute atomic E-state index is 0.402. The summed E-state index contributed by atoms with van der Waals surface area (Å²) in [4.78, 5) is 15.7. The first-order valence-electron chi connectivity index (χ1n) is 5.97. The standard InChI is InChI=1S/C15H15NO3/c1-11(15(17)18-2)19-14-10-6-9-13(16-14)12-7-4-3-5-8-12/h3-11H,1-2H3/t11-/m1/s1. The third-order valence-electron chi connectivity index (χ3n) is 2.62. The Morgan fingerprint density at radius 2 is 1.84 bits per heavy atom. The number of esters is 1. The summed E-state index contributed by atoms with van der Waals surface area (Å²) in [5.74, 6) is -0.0221. The van der Waals surface area contributed by atoms with Crippen LogP contribution in [0.2, 0.25) is 0 Å². The van der Waals surface area contributed by atoms with Crippen molar-refractivity contribution in [1.82, 2.24) is 4.98 Å². The van der Waals surface area contributed by atoms with Crippen LogP contribution in [0.4, 0.5) is 0 Å². The molecule has 2 aromatic rings. The van der Waals surface area contributed by atoms with Crippen LogP contribution >= 0.6 is 0 Å². The number of nitrogens with zero attached hydrogens (tertiary/aromatic N) is 1. The van der Waals surface area contributed by atoms with Gasteiger partial charge in [-0.25, -0.2) is 9.78 Å². The number of aromatic nitrogens is 1. The first-order chi connectivity index (χ1) is 9.20. The van der Waals surface area contributed by atoms with Crippen molar-refractivity contribution in [3.63, 3.8) is 0 Å². The number of hydrogen-bond acceptors (Lipinski definition) is 4. The first kappa shape index (κ1) is 13.1. The van der Waals surface area contributed by atoms with Crippen molar-refractivity contribution >= 4 is 5.97 Å². The van der Waals surface area contributed by atoms with Crippen LogP contribution in [0.15, 0.2) is 48.5 Å². The van der Waals surface area contributed by atoms with Gasteiger partial charge in [0, 0.05) is 11.6 Å². The highest BCUT2D eigenvalue weighted by molar-refractivity contribution is 5.74. The topological polar surface area (TPSA) is 48.4 Å². The quantitative estimate of drug-likeness (QED) is 0.790. The molecule has 1 aromatic heterocycles. The van der Waals surface area contributed by atoms with Crippen molar-refractivity contribution in [3.8, 4) is 17.1 Å². The van der Waals surface area contributed by atoms with Gasteiger partial charge in [-0.3, -0.25) is 0 Å². The van der Waals surface area contributed by atoms with E-state index in [0.29, 0.717) is 5.88 Å². The Balaban J connectivity index is 2.18. The van der Waals surface area contributed by atoms with Gasteiger partial charge in [-0.05, 0) is 13.0 Å². The molecule has 19 heavy (non-hydrogen) atoms. The Morgan fingerprint density at radius 1 is 1.11 bits per heavy atom. The second-order valence-electron chi connectivity index (χ2n) is 4.01. The minimum Gasteiger partial charge on any atom is -0.466 e. The van der Waals surface area contributed by atoms with E-state index >= 15 is 0 Å². The molecule has 4 nitrogen and oxygen atoms in total. The Kier molecular flexibility index (Phi) is 4.13. The molecule has 0 saturated heterocycles. The van der Waals surface area contributed by atoms with E-state index < -0.39 is 12.1 Å². The molecule has 98 valence electrons. The zero-order valence-electron chi connectivity index (χ0n) is 10.9. The van der Waals surface area contributed by atoms with Crippen LogP contribution in [-0.4, -0.2) is 24.2 Å². The second kappa shape index (κ2) is 6.00. The number of methoxy groups -OCH3 is 1. The SMILES string of the molecule is COC(=O)[C@@H](C)Oc1cccc(-c2ccccc2)n1. The zero-order chi connectivity index (χ0) is 13.7. The molecule has 0 aliphatic rings. The molecular formula is C15H15NO3. The van der Waals surface area contributed by atoms with Gasteiger partial charge in [0.15, 0.2) is 6.10 Å². The predicted octanol–water partition coefficient (Wildman–Crippen LogP) is 2.69. The molecule has 1 heterocycles. The monoisotopic (exact) mass is 257 g/mol. The number of carbonyl (C=O) groups is 1. The van der Waals surface area contributed by atoms with Gasteiger partial charge in [-0.15, -0.1) is 0 Å². The molecule has 0 bridgehead atoms. The molecule has 0 aliphatic carbocycles. The normalized spacial score (nSPS) is 11.7. The molecule has 1 aromatic carbocycles. The molecule has 0 fully saturated rings. The fourth-order valence-corrected chi connectivity index (χ4v) is 1.65. The van der Waals surface area contributed by atoms with Crippen LogP contribution in [-0.2, 0) is 9.53 Å². The van der Waals surface area contributed by atoms with Crippen molar-refractivity contribution in [2.75, 3.05) is 7.11 Å². The summed E-state index contributed by atoms with van der Waals surface area (Å²) in [5.41, 5.74) is 1.80. The molecule has 0 unspecified atom stereocenters. The lowest BCUT2D eigenvalue weighted by Gasteiger charge is -2.12. The van der Waals surface area contributed by atoms with E-state index in [1.54, 1.807) is 13.0 Å². The molecule has 0 radical (unpaired) electrons. The third-order valence-corrected chi connectivity index (χ3v) is 2.62. The highest BCUT2D eigenvalue weighted by Gasteiger charge is 2.15. The Morgan fingerprint density at radius 3 is 2.53 bits per heavy atom. The maximum Gasteiger partial charge on any atom is 0.346 e. The summed E-state index contributed by atoms with van der Waals surface area (Å²) in [6, 6.07) is 15.2. The van der Waals surface area contributed by atoms with E-state index in [9.17, 15) is 4.79 Å². The van der Waals surface area contributed by atoms with Crippen molar-refractivity contribution < 1.29 is 14.3 Å². The Labute approximate surface area is 112 Å². The highest BCUT2D eigenvalue weighted by Crippen LogP contribution is 2.19. The second-order valence-corrected chi connectivity index (χ2v) is 4.01. The predicted molar refractivity (Wildman–Crippen MR) is 71.8 cm³/mol. The molecule has 0 amide bonds. The summed E-state index contributed by atoms with van der Waals surface area (Å²) in [6.45, 7) is 1.63. The highest BCUT2D eigenvalue weighted by atomic mass is 16.6. The lowest BCUT2D eigenvalue weighted by atomic mass is 10.1. The van der Waals surface area contributed by atoms with E-state index in [2.05, 4.69) is 9.72 Å². The van der Waals surface area contributed by atoms with Crippen LogP contribution in [0, 0.1) is 0 Å². The fourth-order valence-electron chi connectivity index (χ4n) is 1.65. The first-order valence-corrected chi connectivity index (χ1v) is 5.97. The molecule has 0 aliphatic heterocycles. The Bertz CT molecular complexity index is 554. The number of pyridine rings is 1. The fraction of sp³-hybridized carbons (Fsp3) is 0.200. The van der Waals surface area contributed by atoms with E-state index in [-0.39, 0.29) is 0 Å². The van der Waals surface area contributed by atoms with Crippen LogP contribution in [0.3, 0.4) is 0 Å². The van der Waals surface area contributed by atoms with Crippen molar-refractivity contribution in [3.05, 3.63) is 48.5 Å². The minimum atomic E-state index is -0.677. The smallest absolute Gasteiger partial charge is 0.346 e. The van der Waals surface area contributed by atoms with Crippen LogP contribution in [0.25, 0.3) is 11.3 Å². The molecule has 0 N–H and O–H groups in total. The van der Waals surface area contributed by atoms with Gasteiger partial charge in [0.2, 0.25) is 5.88 Å². The van der Waals surface area contributed by atoms with E-state index in [4.69, 9.17) is 4.74 Å². The number of hydrogen-bond donors (Lipinski definition) is 0. The van der Waals surface area contributed by atoms with Gasteiger partial charge in [-0.2, -0.15) is 0 Å². The lowest BCUT2D eigenvalue weighted by molar-refractivity contribution is -0.148. The van der Waals surface area contributed by atoms with Gasteiger partial charge in [0.1, 0.15) is 0 Å². The molecule has 1 atom stereocenters. The maximum atomic E-state index is 11.3.